The summed E-state index contributed by atoms with van der Waals surface area (Å²) in [5, 5.41) is 0.655. The Bertz CT molecular complexity index is 605. The second-order valence-electron chi connectivity index (χ2n) is 5.05. The highest BCUT2D eigenvalue weighted by atomic mass is 35.5. The van der Waals surface area contributed by atoms with Crippen LogP contribution in [0.2, 0.25) is 5.02 Å². The lowest BCUT2D eigenvalue weighted by atomic mass is 10.1. The van der Waals surface area contributed by atoms with E-state index < -0.39 is 0 Å². The second kappa shape index (κ2) is 6.39. The van der Waals surface area contributed by atoms with Gasteiger partial charge in [0.1, 0.15) is 11.9 Å². The number of nitrogen functional groups attached to an aromatic ring is 1. The molecule has 21 heavy (non-hydrogen) atoms. The van der Waals surface area contributed by atoms with Gasteiger partial charge in [0.2, 0.25) is 0 Å². The molecule has 2 N–H and O–H groups in total. The van der Waals surface area contributed by atoms with Crippen LogP contribution in [0.5, 0.6) is 0 Å². The molecule has 1 aliphatic heterocycles. The molecule has 1 aliphatic rings. The van der Waals surface area contributed by atoms with Crippen LogP contribution in [-0.2, 0) is 11.3 Å². The third kappa shape index (κ3) is 3.69. The van der Waals surface area contributed by atoms with Gasteiger partial charge in [-0.05, 0) is 24.3 Å². The molecule has 3 rings (SSSR count). The highest BCUT2D eigenvalue weighted by Gasteiger charge is 2.23. The Hall–Kier alpha value is -1.69. The van der Waals surface area contributed by atoms with Gasteiger partial charge in [0.25, 0.3) is 0 Å². The monoisotopic (exact) mass is 304 g/mol. The first kappa shape index (κ1) is 14.3. The van der Waals surface area contributed by atoms with Crippen LogP contribution in [0.25, 0.3) is 0 Å². The van der Waals surface area contributed by atoms with Gasteiger partial charge in [0, 0.05) is 25.8 Å². The SMILES string of the molecule is Nc1cccc([C@H]2CN(Cc3ccc(Cl)cn3)CCO2)n1. The molecule has 0 amide bonds. The van der Waals surface area contributed by atoms with Gasteiger partial charge in [-0.15, -0.1) is 0 Å². The van der Waals surface area contributed by atoms with Gasteiger partial charge in [0.05, 0.1) is 23.0 Å². The lowest BCUT2D eigenvalue weighted by molar-refractivity contribution is -0.0352. The Kier molecular flexibility index (Phi) is 4.34. The van der Waals surface area contributed by atoms with Crippen LogP contribution in [0.1, 0.15) is 17.5 Å². The van der Waals surface area contributed by atoms with Gasteiger partial charge in [-0.3, -0.25) is 9.88 Å². The van der Waals surface area contributed by atoms with Crippen molar-refractivity contribution in [2.24, 2.45) is 0 Å². The smallest absolute Gasteiger partial charge is 0.123 e. The zero-order valence-corrected chi connectivity index (χ0v) is 12.3. The highest BCUT2D eigenvalue weighted by Crippen LogP contribution is 2.22. The molecule has 0 saturated carbocycles. The molecule has 0 aromatic carbocycles. The van der Waals surface area contributed by atoms with Gasteiger partial charge in [-0.1, -0.05) is 17.7 Å². The molecule has 0 radical (unpaired) electrons. The quantitative estimate of drug-likeness (QED) is 0.942. The van der Waals surface area contributed by atoms with E-state index in [1.54, 1.807) is 12.3 Å². The highest BCUT2D eigenvalue weighted by molar-refractivity contribution is 6.30. The summed E-state index contributed by atoms with van der Waals surface area (Å²) in [6, 6.07) is 9.44. The van der Waals surface area contributed by atoms with Gasteiger partial charge >= 0.3 is 0 Å². The molecule has 0 aliphatic carbocycles. The van der Waals surface area contributed by atoms with E-state index in [-0.39, 0.29) is 6.10 Å². The number of aromatic nitrogens is 2. The largest absolute Gasteiger partial charge is 0.384 e. The lowest BCUT2D eigenvalue weighted by Gasteiger charge is -2.32. The zero-order chi connectivity index (χ0) is 14.7. The Morgan fingerprint density at radius 3 is 3.00 bits per heavy atom. The summed E-state index contributed by atoms with van der Waals surface area (Å²) in [5.41, 5.74) is 7.61. The Balaban J connectivity index is 1.67. The van der Waals surface area contributed by atoms with Crippen molar-refractivity contribution in [2.45, 2.75) is 12.6 Å². The van der Waals surface area contributed by atoms with Crippen molar-refractivity contribution >= 4 is 17.4 Å². The maximum absolute atomic E-state index is 5.86. The van der Waals surface area contributed by atoms with Crippen LogP contribution >= 0.6 is 11.6 Å². The molecule has 0 spiro atoms. The number of hydrogen-bond acceptors (Lipinski definition) is 5. The maximum atomic E-state index is 5.86. The fourth-order valence-corrected chi connectivity index (χ4v) is 2.51. The van der Waals surface area contributed by atoms with Gasteiger partial charge in [-0.25, -0.2) is 4.98 Å². The minimum atomic E-state index is -0.0467. The van der Waals surface area contributed by atoms with Crippen molar-refractivity contribution in [1.29, 1.82) is 0 Å². The topological polar surface area (TPSA) is 64.3 Å². The number of anilines is 1. The fraction of sp³-hybridized carbons (Fsp3) is 0.333. The predicted octanol–water partition coefficient (Wildman–Crippen LogP) is 2.29. The summed E-state index contributed by atoms with van der Waals surface area (Å²) < 4.78 is 5.80. The van der Waals surface area contributed by atoms with Crippen LogP contribution in [0.15, 0.2) is 36.5 Å². The molecule has 110 valence electrons. The molecule has 2 aromatic rings. The number of morpholine rings is 1. The maximum Gasteiger partial charge on any atom is 0.123 e. The van der Waals surface area contributed by atoms with Crippen molar-refractivity contribution in [2.75, 3.05) is 25.4 Å². The third-order valence-electron chi connectivity index (χ3n) is 3.45. The van der Waals surface area contributed by atoms with Crippen LogP contribution in [0.3, 0.4) is 0 Å². The van der Waals surface area contributed by atoms with E-state index in [1.165, 1.54) is 0 Å². The number of halogens is 1. The molecule has 5 nitrogen and oxygen atoms in total. The first-order valence-electron chi connectivity index (χ1n) is 6.87. The summed E-state index contributed by atoms with van der Waals surface area (Å²) in [6.45, 7) is 3.11. The summed E-state index contributed by atoms with van der Waals surface area (Å²) >= 11 is 5.86. The Morgan fingerprint density at radius 2 is 2.24 bits per heavy atom. The van der Waals surface area contributed by atoms with Gasteiger partial charge < -0.3 is 10.5 Å². The van der Waals surface area contributed by atoms with Crippen LogP contribution in [0, 0.1) is 0 Å². The Morgan fingerprint density at radius 1 is 1.33 bits per heavy atom. The van der Waals surface area contributed by atoms with E-state index in [9.17, 15) is 0 Å². The van der Waals surface area contributed by atoms with E-state index in [4.69, 9.17) is 22.1 Å². The molecule has 2 aromatic heterocycles. The second-order valence-corrected chi connectivity index (χ2v) is 5.49. The normalized spacial score (nSPS) is 19.6. The molecular formula is C15H17ClN4O. The third-order valence-corrected chi connectivity index (χ3v) is 3.67. The molecule has 1 fully saturated rings. The van der Waals surface area contributed by atoms with E-state index >= 15 is 0 Å². The Labute approximate surface area is 128 Å². The van der Waals surface area contributed by atoms with Crippen LogP contribution in [0.4, 0.5) is 5.82 Å². The molecule has 1 saturated heterocycles. The first-order chi connectivity index (χ1) is 10.2. The number of nitrogens with zero attached hydrogens (tertiary/aromatic N) is 3. The van der Waals surface area contributed by atoms with E-state index in [0.29, 0.717) is 17.4 Å². The fourth-order valence-electron chi connectivity index (χ4n) is 2.40. The van der Waals surface area contributed by atoms with E-state index in [2.05, 4.69) is 14.9 Å². The molecular weight excluding hydrogens is 288 g/mol. The number of rotatable bonds is 3. The van der Waals surface area contributed by atoms with Crippen LogP contribution in [-0.4, -0.2) is 34.6 Å². The van der Waals surface area contributed by atoms with Crippen LogP contribution < -0.4 is 5.73 Å². The summed E-state index contributed by atoms with van der Waals surface area (Å²) in [5.74, 6) is 0.521. The van der Waals surface area contributed by atoms with Gasteiger partial charge in [-0.2, -0.15) is 0 Å². The summed E-state index contributed by atoms with van der Waals surface area (Å²) in [6.07, 6.45) is 1.63. The molecule has 6 heteroatoms. The van der Waals surface area contributed by atoms with Gasteiger partial charge in [0.15, 0.2) is 0 Å². The predicted molar refractivity (Wildman–Crippen MR) is 81.9 cm³/mol. The summed E-state index contributed by atoms with van der Waals surface area (Å²) in [7, 11) is 0. The molecule has 0 unspecified atom stereocenters. The van der Waals surface area contributed by atoms with Crippen molar-refractivity contribution in [1.82, 2.24) is 14.9 Å². The lowest BCUT2D eigenvalue weighted by Crippen LogP contribution is -2.38. The number of hydrogen-bond donors (Lipinski definition) is 1. The molecule has 0 bridgehead atoms. The van der Waals surface area contributed by atoms with Crippen molar-refractivity contribution in [3.63, 3.8) is 0 Å². The minimum absolute atomic E-state index is 0.0467. The van der Waals surface area contributed by atoms with E-state index in [0.717, 1.165) is 31.0 Å². The van der Waals surface area contributed by atoms with E-state index in [1.807, 2.05) is 24.3 Å². The van der Waals surface area contributed by atoms with Crippen molar-refractivity contribution in [3.8, 4) is 0 Å². The standard InChI is InChI=1S/C15H17ClN4O/c16-11-4-5-12(18-8-11)9-20-6-7-21-14(10-20)13-2-1-3-15(17)19-13/h1-5,8,14H,6-7,9-10H2,(H2,17,19)/t14-/m1/s1. The summed E-state index contributed by atoms with van der Waals surface area (Å²) in [4.78, 5) is 11.0. The average Bonchev–Trinajstić information content (AvgIpc) is 2.50. The average molecular weight is 305 g/mol. The number of pyridine rings is 2. The first-order valence-corrected chi connectivity index (χ1v) is 7.25. The van der Waals surface area contributed by atoms with Crippen molar-refractivity contribution in [3.05, 3.63) is 52.9 Å². The number of ether oxygens (including phenoxy) is 1. The number of nitrogens with two attached hydrogens (primary N) is 1. The minimum Gasteiger partial charge on any atom is -0.384 e. The van der Waals surface area contributed by atoms with Crippen molar-refractivity contribution < 1.29 is 4.74 Å². The molecule has 3 heterocycles. The molecule has 1 atom stereocenters. The zero-order valence-electron chi connectivity index (χ0n) is 11.6.